The largest absolute Gasteiger partial charge is 0.370 e. The summed E-state index contributed by atoms with van der Waals surface area (Å²) in [4.78, 5) is 11.4. The van der Waals surface area contributed by atoms with E-state index in [9.17, 15) is 0 Å². The highest BCUT2D eigenvalue weighted by Gasteiger charge is 2.05. The SMILES string of the molecule is CCNc1cc(SCCN(CC)CC)nc(SC)n1. The Morgan fingerprint density at radius 3 is 2.53 bits per heavy atom. The van der Waals surface area contributed by atoms with E-state index in [1.807, 2.05) is 12.3 Å². The first-order valence-corrected chi connectivity index (χ1v) is 8.96. The molecule has 1 heterocycles. The summed E-state index contributed by atoms with van der Waals surface area (Å²) in [5.74, 6) is 1.99. The summed E-state index contributed by atoms with van der Waals surface area (Å²) in [5.41, 5.74) is 0. The van der Waals surface area contributed by atoms with Crippen molar-refractivity contribution in [2.75, 3.05) is 43.5 Å². The predicted molar refractivity (Wildman–Crippen MR) is 86.5 cm³/mol. The third kappa shape index (κ3) is 6.01. The Morgan fingerprint density at radius 2 is 1.95 bits per heavy atom. The molecule has 0 aliphatic heterocycles. The van der Waals surface area contributed by atoms with Crippen LogP contribution >= 0.6 is 23.5 Å². The molecule has 0 unspecified atom stereocenters. The van der Waals surface area contributed by atoms with Crippen LogP contribution in [0, 0.1) is 0 Å². The lowest BCUT2D eigenvalue weighted by Gasteiger charge is -2.17. The summed E-state index contributed by atoms with van der Waals surface area (Å²) in [6.07, 6.45) is 2.01. The molecule has 1 N–H and O–H groups in total. The lowest BCUT2D eigenvalue weighted by molar-refractivity contribution is 0.324. The molecule has 0 aliphatic rings. The minimum atomic E-state index is 0.837. The molecule has 1 aromatic rings. The third-order valence-corrected chi connectivity index (χ3v) is 4.21. The normalized spacial score (nSPS) is 11.0. The summed E-state index contributed by atoms with van der Waals surface area (Å²) >= 11 is 3.39. The number of rotatable bonds is 9. The van der Waals surface area contributed by atoms with Crippen molar-refractivity contribution in [3.63, 3.8) is 0 Å². The van der Waals surface area contributed by atoms with Gasteiger partial charge >= 0.3 is 0 Å². The van der Waals surface area contributed by atoms with Crippen LogP contribution in [0.3, 0.4) is 0 Å². The smallest absolute Gasteiger partial charge is 0.190 e. The van der Waals surface area contributed by atoms with Crippen molar-refractivity contribution in [1.29, 1.82) is 0 Å². The molecule has 19 heavy (non-hydrogen) atoms. The third-order valence-electron chi connectivity index (χ3n) is 2.77. The van der Waals surface area contributed by atoms with Crippen LogP contribution in [0.1, 0.15) is 20.8 Å². The van der Waals surface area contributed by atoms with Gasteiger partial charge in [0.25, 0.3) is 0 Å². The van der Waals surface area contributed by atoms with Crippen LogP contribution < -0.4 is 5.32 Å². The number of thioether (sulfide) groups is 2. The van der Waals surface area contributed by atoms with Crippen molar-refractivity contribution in [1.82, 2.24) is 14.9 Å². The van der Waals surface area contributed by atoms with E-state index in [-0.39, 0.29) is 0 Å². The van der Waals surface area contributed by atoms with Gasteiger partial charge in [-0.2, -0.15) is 0 Å². The van der Waals surface area contributed by atoms with E-state index in [0.717, 1.165) is 47.9 Å². The Bertz CT molecular complexity index is 370. The first kappa shape index (κ1) is 16.6. The highest BCUT2D eigenvalue weighted by atomic mass is 32.2. The number of nitrogens with zero attached hydrogens (tertiary/aromatic N) is 3. The van der Waals surface area contributed by atoms with Gasteiger partial charge < -0.3 is 10.2 Å². The average Bonchev–Trinajstić information content (AvgIpc) is 2.43. The van der Waals surface area contributed by atoms with E-state index < -0.39 is 0 Å². The maximum Gasteiger partial charge on any atom is 0.190 e. The van der Waals surface area contributed by atoms with Gasteiger partial charge in [0.1, 0.15) is 10.8 Å². The Labute approximate surface area is 125 Å². The van der Waals surface area contributed by atoms with Crippen LogP contribution in [0.25, 0.3) is 0 Å². The fourth-order valence-corrected chi connectivity index (χ4v) is 3.00. The van der Waals surface area contributed by atoms with Gasteiger partial charge in [0, 0.05) is 24.9 Å². The summed E-state index contributed by atoms with van der Waals surface area (Å²) in [5, 5.41) is 5.15. The molecule has 0 atom stereocenters. The molecule has 4 nitrogen and oxygen atoms in total. The minimum absolute atomic E-state index is 0.837. The van der Waals surface area contributed by atoms with E-state index >= 15 is 0 Å². The molecule has 0 fully saturated rings. The predicted octanol–water partition coefficient (Wildman–Crippen LogP) is 3.06. The number of nitrogens with one attached hydrogen (secondary N) is 1. The maximum atomic E-state index is 4.54. The van der Waals surface area contributed by atoms with Crippen LogP contribution in [0.2, 0.25) is 0 Å². The van der Waals surface area contributed by atoms with Crippen LogP contribution in [0.5, 0.6) is 0 Å². The molecule has 0 saturated heterocycles. The molecule has 0 aliphatic carbocycles. The molecule has 1 rings (SSSR count). The van der Waals surface area contributed by atoms with Gasteiger partial charge in [-0.15, -0.1) is 11.8 Å². The van der Waals surface area contributed by atoms with Crippen LogP contribution in [0.4, 0.5) is 5.82 Å². The molecule has 6 heteroatoms. The van der Waals surface area contributed by atoms with Gasteiger partial charge in [-0.3, -0.25) is 0 Å². The number of hydrogen-bond acceptors (Lipinski definition) is 6. The van der Waals surface area contributed by atoms with Gasteiger partial charge in [0.05, 0.1) is 0 Å². The lowest BCUT2D eigenvalue weighted by atomic mass is 10.5. The topological polar surface area (TPSA) is 41.0 Å². The summed E-state index contributed by atoms with van der Waals surface area (Å²) in [6.45, 7) is 10.7. The van der Waals surface area contributed by atoms with E-state index in [4.69, 9.17) is 0 Å². The van der Waals surface area contributed by atoms with Crippen LogP contribution in [-0.2, 0) is 0 Å². The molecular formula is C13H24N4S2. The molecule has 108 valence electrons. The molecule has 1 aromatic heterocycles. The maximum absolute atomic E-state index is 4.54. The molecule has 0 saturated carbocycles. The lowest BCUT2D eigenvalue weighted by Crippen LogP contribution is -2.25. The van der Waals surface area contributed by atoms with Gasteiger partial charge in [-0.25, -0.2) is 9.97 Å². The van der Waals surface area contributed by atoms with Gasteiger partial charge in [0.15, 0.2) is 5.16 Å². The Kier molecular flexibility index (Phi) is 8.25. The number of hydrogen-bond donors (Lipinski definition) is 1. The van der Waals surface area contributed by atoms with Gasteiger partial charge in [-0.1, -0.05) is 25.6 Å². The van der Waals surface area contributed by atoms with Gasteiger partial charge in [-0.05, 0) is 26.3 Å². The fourth-order valence-electron chi connectivity index (χ4n) is 1.66. The molecule has 0 spiro atoms. The molecule has 0 radical (unpaired) electrons. The van der Waals surface area contributed by atoms with Crippen molar-refractivity contribution in [3.8, 4) is 0 Å². The standard InChI is InChI=1S/C13H24N4S2/c1-5-14-11-10-12(16-13(15-11)18-4)19-9-8-17(6-2)7-3/h10H,5-9H2,1-4H3,(H,14,15,16). The summed E-state index contributed by atoms with van der Waals surface area (Å²) < 4.78 is 0. The van der Waals surface area contributed by atoms with Crippen molar-refractivity contribution in [3.05, 3.63) is 6.07 Å². The highest BCUT2D eigenvalue weighted by molar-refractivity contribution is 7.99. The molecular weight excluding hydrogens is 276 g/mol. The van der Waals surface area contributed by atoms with Crippen LogP contribution in [0.15, 0.2) is 16.2 Å². The Balaban J connectivity index is 2.58. The second-order valence-electron chi connectivity index (χ2n) is 3.98. The molecule has 0 bridgehead atoms. The highest BCUT2D eigenvalue weighted by Crippen LogP contribution is 2.22. The van der Waals surface area contributed by atoms with Crippen LogP contribution in [-0.4, -0.2) is 53.1 Å². The first-order valence-electron chi connectivity index (χ1n) is 6.75. The zero-order chi connectivity index (χ0) is 14.1. The second-order valence-corrected chi connectivity index (χ2v) is 5.87. The van der Waals surface area contributed by atoms with Gasteiger partial charge in [0.2, 0.25) is 0 Å². The average molecular weight is 300 g/mol. The van der Waals surface area contributed by atoms with E-state index in [1.54, 1.807) is 23.5 Å². The minimum Gasteiger partial charge on any atom is -0.370 e. The fraction of sp³-hybridized carbons (Fsp3) is 0.692. The summed E-state index contributed by atoms with van der Waals surface area (Å²) in [6, 6.07) is 2.04. The molecule has 0 amide bonds. The zero-order valence-electron chi connectivity index (χ0n) is 12.3. The zero-order valence-corrected chi connectivity index (χ0v) is 13.9. The van der Waals surface area contributed by atoms with E-state index in [2.05, 4.69) is 41.0 Å². The van der Waals surface area contributed by atoms with E-state index in [0.29, 0.717) is 0 Å². The Hall–Kier alpha value is -0.460. The van der Waals surface area contributed by atoms with Crippen molar-refractivity contribution < 1.29 is 0 Å². The van der Waals surface area contributed by atoms with Crippen molar-refractivity contribution in [2.45, 2.75) is 31.0 Å². The summed E-state index contributed by atoms with van der Waals surface area (Å²) in [7, 11) is 0. The van der Waals surface area contributed by atoms with Crippen molar-refractivity contribution >= 4 is 29.3 Å². The molecule has 0 aromatic carbocycles. The van der Waals surface area contributed by atoms with Crippen molar-refractivity contribution in [2.24, 2.45) is 0 Å². The first-order chi connectivity index (χ1) is 9.23. The monoisotopic (exact) mass is 300 g/mol. The Morgan fingerprint density at radius 1 is 1.21 bits per heavy atom. The second kappa shape index (κ2) is 9.44. The quantitative estimate of drug-likeness (QED) is 0.429. The number of aromatic nitrogens is 2. The number of anilines is 1. The van der Waals surface area contributed by atoms with E-state index in [1.165, 1.54) is 0 Å².